The number of fused-ring (bicyclic) bond motifs is 1. The van der Waals surface area contributed by atoms with Gasteiger partial charge < -0.3 is 9.64 Å². The third kappa shape index (κ3) is 5.23. The van der Waals surface area contributed by atoms with Crippen molar-refractivity contribution >= 4 is 11.3 Å². The lowest BCUT2D eigenvalue weighted by atomic mass is 9.94. The molecule has 5 rings (SSSR count). The van der Waals surface area contributed by atoms with Gasteiger partial charge in [0, 0.05) is 30.6 Å². The zero-order valence-electron chi connectivity index (χ0n) is 18.1. The second-order valence-corrected chi connectivity index (χ2v) is 11.1. The normalized spacial score (nSPS) is 27.1. The van der Waals surface area contributed by atoms with Crippen molar-refractivity contribution in [2.75, 3.05) is 32.8 Å². The van der Waals surface area contributed by atoms with Crippen LogP contribution in [-0.2, 0) is 24.1 Å². The molecule has 1 saturated carbocycles. The highest BCUT2D eigenvalue weighted by Crippen LogP contribution is 2.30. The van der Waals surface area contributed by atoms with Gasteiger partial charge in [0.2, 0.25) is 0 Å². The van der Waals surface area contributed by atoms with Crippen LogP contribution >= 0.6 is 11.3 Å². The van der Waals surface area contributed by atoms with E-state index in [1.807, 2.05) is 11.3 Å². The second-order valence-electron chi connectivity index (χ2n) is 9.93. The van der Waals surface area contributed by atoms with E-state index in [-0.39, 0.29) is 0 Å². The maximum absolute atomic E-state index is 6.01. The number of hydrogen-bond acceptors (Lipinski definition) is 5. The van der Waals surface area contributed by atoms with Crippen molar-refractivity contribution in [3.63, 3.8) is 0 Å². The van der Waals surface area contributed by atoms with Gasteiger partial charge in [-0.1, -0.05) is 12.8 Å². The van der Waals surface area contributed by atoms with E-state index < -0.39 is 0 Å². The molecule has 0 bridgehead atoms. The molecule has 0 N–H and O–H groups in total. The third-order valence-corrected chi connectivity index (χ3v) is 8.88. The Hall–Kier alpha value is -0.490. The van der Waals surface area contributed by atoms with Gasteiger partial charge in [0.15, 0.2) is 0 Å². The fourth-order valence-corrected chi connectivity index (χ4v) is 7.28. The monoisotopic (exact) mass is 417 g/mol. The number of piperidine rings is 1. The van der Waals surface area contributed by atoms with Gasteiger partial charge in [-0.05, 0) is 83.2 Å². The molecule has 1 atom stereocenters. The highest BCUT2D eigenvalue weighted by molar-refractivity contribution is 7.11. The minimum absolute atomic E-state index is 0.447. The van der Waals surface area contributed by atoms with Gasteiger partial charge in [0.1, 0.15) is 5.01 Å². The van der Waals surface area contributed by atoms with Crippen molar-refractivity contribution in [2.24, 2.45) is 5.92 Å². The Morgan fingerprint density at radius 1 is 0.931 bits per heavy atom. The average Bonchev–Trinajstić information content (AvgIpc) is 3.50. The number of likely N-dealkylation sites (tertiary alicyclic amines) is 1. The second kappa shape index (κ2) is 9.76. The summed E-state index contributed by atoms with van der Waals surface area (Å²) in [4.78, 5) is 12.1. The van der Waals surface area contributed by atoms with Crippen LogP contribution in [0.4, 0.5) is 0 Å². The first-order chi connectivity index (χ1) is 14.3. The summed E-state index contributed by atoms with van der Waals surface area (Å²) >= 11 is 2.00. The van der Waals surface area contributed by atoms with E-state index in [2.05, 4.69) is 9.80 Å². The minimum Gasteiger partial charge on any atom is -0.377 e. The standard InChI is InChI=1S/C24H39N3OS/c1-2-7-20(6-1)27-13-11-19(12-14-27)16-26(17-21-8-5-15-28-21)18-24-25-22-9-3-4-10-23(22)29-24/h19-21H,1-18H2. The first-order valence-electron chi connectivity index (χ1n) is 12.4. The van der Waals surface area contributed by atoms with E-state index >= 15 is 0 Å². The summed E-state index contributed by atoms with van der Waals surface area (Å²) < 4.78 is 6.01. The lowest BCUT2D eigenvalue weighted by molar-refractivity contribution is 0.0539. The number of ether oxygens (including phenoxy) is 1. The molecule has 1 aromatic heterocycles. The molecule has 1 aromatic rings. The summed E-state index contributed by atoms with van der Waals surface area (Å²) in [6.07, 6.45) is 16.7. The highest BCUT2D eigenvalue weighted by Gasteiger charge is 2.29. The Bertz CT molecular complexity index is 619. The van der Waals surface area contributed by atoms with Gasteiger partial charge in [-0.15, -0.1) is 11.3 Å². The predicted octanol–water partition coefficient (Wildman–Crippen LogP) is 4.66. The molecule has 0 amide bonds. The minimum atomic E-state index is 0.447. The van der Waals surface area contributed by atoms with Gasteiger partial charge in [0.05, 0.1) is 18.3 Å². The van der Waals surface area contributed by atoms with Crippen LogP contribution in [0.2, 0.25) is 0 Å². The van der Waals surface area contributed by atoms with Gasteiger partial charge in [-0.25, -0.2) is 4.98 Å². The van der Waals surface area contributed by atoms with Gasteiger partial charge in [0.25, 0.3) is 0 Å². The molecule has 3 fully saturated rings. The van der Waals surface area contributed by atoms with Crippen LogP contribution in [0, 0.1) is 5.92 Å². The molecule has 1 unspecified atom stereocenters. The van der Waals surface area contributed by atoms with Crippen LogP contribution in [0.1, 0.15) is 79.8 Å². The fraction of sp³-hybridized carbons (Fsp3) is 0.875. The van der Waals surface area contributed by atoms with Crippen molar-refractivity contribution in [3.8, 4) is 0 Å². The number of rotatable bonds is 7. The summed E-state index contributed by atoms with van der Waals surface area (Å²) in [5.41, 5.74) is 1.41. The number of aromatic nitrogens is 1. The van der Waals surface area contributed by atoms with Crippen molar-refractivity contribution < 1.29 is 4.74 Å². The van der Waals surface area contributed by atoms with E-state index in [9.17, 15) is 0 Å². The Balaban J connectivity index is 1.18. The summed E-state index contributed by atoms with van der Waals surface area (Å²) in [7, 11) is 0. The van der Waals surface area contributed by atoms with E-state index in [1.54, 1.807) is 4.88 Å². The van der Waals surface area contributed by atoms with Crippen molar-refractivity contribution in [1.29, 1.82) is 0 Å². The van der Waals surface area contributed by atoms with E-state index in [1.165, 1.54) is 107 Å². The lowest BCUT2D eigenvalue weighted by Crippen LogP contribution is -2.43. The van der Waals surface area contributed by atoms with Crippen LogP contribution in [-0.4, -0.2) is 59.7 Å². The Labute approximate surface area is 181 Å². The molecular formula is C24H39N3OS. The van der Waals surface area contributed by atoms with E-state index in [4.69, 9.17) is 9.72 Å². The van der Waals surface area contributed by atoms with E-state index in [0.717, 1.165) is 31.7 Å². The highest BCUT2D eigenvalue weighted by atomic mass is 32.1. The zero-order chi connectivity index (χ0) is 19.5. The lowest BCUT2D eigenvalue weighted by Gasteiger charge is -2.38. The first kappa shape index (κ1) is 20.4. The Morgan fingerprint density at radius 2 is 1.76 bits per heavy atom. The molecule has 0 radical (unpaired) electrons. The SMILES string of the molecule is C1CCc2sc(CN(CC3CCN(C4CCCC4)CC3)CC3CCCO3)nc2C1. The van der Waals surface area contributed by atoms with Crippen molar-refractivity contribution in [3.05, 3.63) is 15.6 Å². The van der Waals surface area contributed by atoms with Gasteiger partial charge in [-0.3, -0.25) is 4.90 Å². The van der Waals surface area contributed by atoms with Crippen molar-refractivity contribution in [1.82, 2.24) is 14.8 Å². The Kier molecular flexibility index (Phi) is 6.87. The number of aryl methyl sites for hydroxylation is 2. The van der Waals surface area contributed by atoms with Crippen LogP contribution in [0.3, 0.4) is 0 Å². The van der Waals surface area contributed by atoms with Gasteiger partial charge >= 0.3 is 0 Å². The predicted molar refractivity (Wildman–Crippen MR) is 120 cm³/mol. The molecular weight excluding hydrogens is 378 g/mol. The topological polar surface area (TPSA) is 28.6 Å². The quantitative estimate of drug-likeness (QED) is 0.645. The van der Waals surface area contributed by atoms with E-state index in [0.29, 0.717) is 6.10 Å². The molecule has 29 heavy (non-hydrogen) atoms. The number of nitrogens with zero attached hydrogens (tertiary/aromatic N) is 3. The molecule has 5 heteroatoms. The number of thiazole rings is 1. The number of hydrogen-bond donors (Lipinski definition) is 0. The zero-order valence-corrected chi connectivity index (χ0v) is 18.9. The maximum atomic E-state index is 6.01. The summed E-state index contributed by atoms with van der Waals surface area (Å²) in [6.45, 7) is 7.00. The molecule has 2 aliphatic heterocycles. The first-order valence-corrected chi connectivity index (χ1v) is 13.2. The van der Waals surface area contributed by atoms with Crippen molar-refractivity contribution in [2.45, 2.75) is 95.7 Å². The average molecular weight is 418 g/mol. The van der Waals surface area contributed by atoms with Gasteiger partial charge in [-0.2, -0.15) is 0 Å². The maximum Gasteiger partial charge on any atom is 0.107 e. The molecule has 0 spiro atoms. The fourth-order valence-electron chi connectivity index (χ4n) is 6.08. The van der Waals surface area contributed by atoms with Crippen LogP contribution in [0.25, 0.3) is 0 Å². The molecule has 162 valence electrons. The Morgan fingerprint density at radius 3 is 2.52 bits per heavy atom. The molecule has 2 aliphatic carbocycles. The summed E-state index contributed by atoms with van der Waals surface area (Å²) in [5, 5.41) is 1.36. The van der Waals surface area contributed by atoms with Crippen LogP contribution in [0.5, 0.6) is 0 Å². The summed E-state index contributed by atoms with van der Waals surface area (Å²) in [6, 6.07) is 0.903. The molecule has 0 aromatic carbocycles. The summed E-state index contributed by atoms with van der Waals surface area (Å²) in [5.74, 6) is 0.851. The molecule has 4 nitrogen and oxygen atoms in total. The smallest absolute Gasteiger partial charge is 0.107 e. The third-order valence-electron chi connectivity index (χ3n) is 7.74. The van der Waals surface area contributed by atoms with Crippen LogP contribution in [0.15, 0.2) is 0 Å². The molecule has 2 saturated heterocycles. The molecule has 4 aliphatic rings. The largest absolute Gasteiger partial charge is 0.377 e. The molecule has 3 heterocycles. The van der Waals surface area contributed by atoms with Crippen LogP contribution < -0.4 is 0 Å².